The van der Waals surface area contributed by atoms with Crippen molar-refractivity contribution in [2.45, 2.75) is 18.9 Å². The molecule has 0 radical (unpaired) electrons. The van der Waals surface area contributed by atoms with Crippen LogP contribution in [0.25, 0.3) is 10.9 Å². The Morgan fingerprint density at radius 1 is 1.29 bits per heavy atom. The number of carboxylic acid groups (broad SMARTS) is 1. The Morgan fingerprint density at radius 2 is 2.00 bits per heavy atom. The van der Waals surface area contributed by atoms with E-state index in [0.717, 1.165) is 16.5 Å². The number of primary amides is 1. The molecule has 0 spiro atoms. The highest BCUT2D eigenvalue weighted by Crippen LogP contribution is 2.18. The lowest BCUT2D eigenvalue weighted by Gasteiger charge is -2.12. The summed E-state index contributed by atoms with van der Waals surface area (Å²) >= 11 is 0. The second kappa shape index (κ2) is 6.08. The molecule has 0 unspecified atom stereocenters. The van der Waals surface area contributed by atoms with Gasteiger partial charge in [-0.15, -0.1) is 0 Å². The number of fused-ring (bicyclic) bond motifs is 1. The normalized spacial score (nSPS) is 12.0. The molecule has 0 fully saturated rings. The molecule has 0 saturated carbocycles. The van der Waals surface area contributed by atoms with Gasteiger partial charge >= 0.3 is 5.97 Å². The van der Waals surface area contributed by atoms with Crippen molar-refractivity contribution in [3.8, 4) is 0 Å². The molecule has 110 valence electrons. The highest BCUT2D eigenvalue weighted by Gasteiger charge is 2.22. The molecule has 7 nitrogen and oxygen atoms in total. The maximum atomic E-state index is 11.9. The van der Waals surface area contributed by atoms with Crippen molar-refractivity contribution in [3.63, 3.8) is 0 Å². The van der Waals surface area contributed by atoms with Crippen molar-refractivity contribution in [1.29, 1.82) is 0 Å². The number of carboxylic acids is 1. The van der Waals surface area contributed by atoms with Gasteiger partial charge in [-0.05, 0) is 11.6 Å². The van der Waals surface area contributed by atoms with Gasteiger partial charge in [0, 0.05) is 17.1 Å². The van der Waals surface area contributed by atoms with Crippen LogP contribution < -0.4 is 11.1 Å². The molecule has 5 N–H and O–H groups in total. The van der Waals surface area contributed by atoms with Crippen molar-refractivity contribution in [2.24, 2.45) is 5.73 Å². The fourth-order valence-electron chi connectivity index (χ4n) is 2.10. The standard InChI is InChI=1S/C14H15N3O4/c15-12(18)6-11(14(20)21)17-13(19)5-8-7-16-10-4-2-1-3-9(8)10/h1-4,7,11,16H,5-6H2,(H2,15,18)(H,17,19)(H,20,21)/t11-/m1/s1. The number of rotatable bonds is 6. The molecule has 0 aliphatic rings. The quantitative estimate of drug-likeness (QED) is 0.604. The number of nitrogens with one attached hydrogen (secondary N) is 2. The first kappa shape index (κ1) is 14.6. The predicted octanol–water partition coefficient (Wildman–Crippen LogP) is 0.155. The SMILES string of the molecule is NC(=O)C[C@@H](NC(=O)Cc1c[nH]c2ccccc12)C(=O)O. The van der Waals surface area contributed by atoms with E-state index in [0.29, 0.717) is 0 Å². The monoisotopic (exact) mass is 289 g/mol. The molecule has 1 heterocycles. The van der Waals surface area contributed by atoms with E-state index in [2.05, 4.69) is 10.3 Å². The molecule has 1 aromatic heterocycles. The van der Waals surface area contributed by atoms with Crippen LogP contribution in [0.3, 0.4) is 0 Å². The Balaban J connectivity index is 2.07. The van der Waals surface area contributed by atoms with Crippen LogP contribution in [0, 0.1) is 0 Å². The fourth-order valence-corrected chi connectivity index (χ4v) is 2.10. The lowest BCUT2D eigenvalue weighted by Crippen LogP contribution is -2.43. The smallest absolute Gasteiger partial charge is 0.326 e. The van der Waals surface area contributed by atoms with E-state index in [1.165, 1.54) is 0 Å². The molecule has 0 saturated heterocycles. The summed E-state index contributed by atoms with van der Waals surface area (Å²) in [5.41, 5.74) is 6.61. The van der Waals surface area contributed by atoms with E-state index in [-0.39, 0.29) is 6.42 Å². The van der Waals surface area contributed by atoms with Gasteiger partial charge in [0.15, 0.2) is 0 Å². The first-order chi connectivity index (χ1) is 9.97. The van der Waals surface area contributed by atoms with Crippen LogP contribution in [0.5, 0.6) is 0 Å². The van der Waals surface area contributed by atoms with Gasteiger partial charge in [0.05, 0.1) is 12.8 Å². The Kier molecular flexibility index (Phi) is 4.22. The van der Waals surface area contributed by atoms with Gasteiger partial charge in [-0.1, -0.05) is 18.2 Å². The van der Waals surface area contributed by atoms with Gasteiger partial charge in [0.1, 0.15) is 6.04 Å². The molecule has 2 amide bonds. The van der Waals surface area contributed by atoms with Gasteiger partial charge in [-0.25, -0.2) is 4.79 Å². The summed E-state index contributed by atoms with van der Waals surface area (Å²) in [4.78, 5) is 36.7. The van der Waals surface area contributed by atoms with Crippen molar-refractivity contribution in [2.75, 3.05) is 0 Å². The largest absolute Gasteiger partial charge is 0.480 e. The molecular weight excluding hydrogens is 274 g/mol. The number of hydrogen-bond donors (Lipinski definition) is 4. The van der Waals surface area contributed by atoms with E-state index in [1.54, 1.807) is 6.20 Å². The van der Waals surface area contributed by atoms with Gasteiger partial charge in [0.2, 0.25) is 11.8 Å². The molecule has 0 bridgehead atoms. The third-order valence-electron chi connectivity index (χ3n) is 3.06. The Hall–Kier alpha value is -2.83. The number of carbonyl (C=O) groups is 3. The zero-order valence-electron chi connectivity index (χ0n) is 11.1. The molecule has 0 aliphatic heterocycles. The minimum absolute atomic E-state index is 0.0204. The van der Waals surface area contributed by atoms with Crippen LogP contribution in [-0.4, -0.2) is 33.9 Å². The average molecular weight is 289 g/mol. The van der Waals surface area contributed by atoms with Crippen LogP contribution in [0.2, 0.25) is 0 Å². The minimum Gasteiger partial charge on any atom is -0.480 e. The third kappa shape index (κ3) is 3.59. The Bertz CT molecular complexity index is 692. The summed E-state index contributed by atoms with van der Waals surface area (Å²) in [6.45, 7) is 0. The number of para-hydroxylation sites is 1. The number of H-pyrrole nitrogens is 1. The fraction of sp³-hybridized carbons (Fsp3) is 0.214. The second-order valence-electron chi connectivity index (χ2n) is 4.67. The van der Waals surface area contributed by atoms with Crippen LogP contribution in [-0.2, 0) is 20.8 Å². The number of carbonyl (C=O) groups excluding carboxylic acids is 2. The zero-order valence-corrected chi connectivity index (χ0v) is 11.1. The van der Waals surface area contributed by atoms with Gasteiger partial charge < -0.3 is 21.1 Å². The summed E-state index contributed by atoms with van der Waals surface area (Å²) in [7, 11) is 0. The highest BCUT2D eigenvalue weighted by atomic mass is 16.4. The summed E-state index contributed by atoms with van der Waals surface area (Å²) < 4.78 is 0. The van der Waals surface area contributed by atoms with Crippen LogP contribution >= 0.6 is 0 Å². The van der Waals surface area contributed by atoms with Crippen LogP contribution in [0.15, 0.2) is 30.5 Å². The van der Waals surface area contributed by atoms with Crippen molar-refractivity contribution >= 4 is 28.7 Å². The number of aliphatic carboxylic acids is 1. The van der Waals surface area contributed by atoms with Gasteiger partial charge in [-0.3, -0.25) is 9.59 Å². The number of hydrogen-bond acceptors (Lipinski definition) is 3. The first-order valence-corrected chi connectivity index (χ1v) is 6.33. The third-order valence-corrected chi connectivity index (χ3v) is 3.06. The van der Waals surface area contributed by atoms with E-state index < -0.39 is 30.2 Å². The maximum Gasteiger partial charge on any atom is 0.326 e. The lowest BCUT2D eigenvalue weighted by molar-refractivity contribution is -0.143. The summed E-state index contributed by atoms with van der Waals surface area (Å²) in [6, 6.07) is 6.16. The van der Waals surface area contributed by atoms with Gasteiger partial charge in [-0.2, -0.15) is 0 Å². The number of nitrogens with two attached hydrogens (primary N) is 1. The predicted molar refractivity (Wildman–Crippen MR) is 75.4 cm³/mol. The number of aromatic amines is 1. The van der Waals surface area contributed by atoms with E-state index >= 15 is 0 Å². The topological polar surface area (TPSA) is 125 Å². The molecule has 1 atom stereocenters. The first-order valence-electron chi connectivity index (χ1n) is 6.33. The molecule has 1 aromatic carbocycles. The second-order valence-corrected chi connectivity index (χ2v) is 4.67. The molecule has 2 aromatic rings. The number of benzene rings is 1. The van der Waals surface area contributed by atoms with Gasteiger partial charge in [0.25, 0.3) is 0 Å². The van der Waals surface area contributed by atoms with E-state index in [4.69, 9.17) is 10.8 Å². The lowest BCUT2D eigenvalue weighted by atomic mass is 10.1. The molecule has 21 heavy (non-hydrogen) atoms. The summed E-state index contributed by atoms with van der Waals surface area (Å²) in [5, 5.41) is 12.1. The van der Waals surface area contributed by atoms with Crippen molar-refractivity contribution in [3.05, 3.63) is 36.0 Å². The average Bonchev–Trinajstić information content (AvgIpc) is 2.81. The number of amides is 2. The van der Waals surface area contributed by atoms with Crippen molar-refractivity contribution < 1.29 is 19.5 Å². The summed E-state index contributed by atoms with van der Waals surface area (Å²) in [5.74, 6) is -2.55. The van der Waals surface area contributed by atoms with E-state index in [9.17, 15) is 14.4 Å². The molecule has 2 rings (SSSR count). The maximum absolute atomic E-state index is 11.9. The Morgan fingerprint density at radius 3 is 2.67 bits per heavy atom. The van der Waals surface area contributed by atoms with Crippen LogP contribution in [0.4, 0.5) is 0 Å². The Labute approximate surface area is 120 Å². The minimum atomic E-state index is -1.31. The molecule has 7 heteroatoms. The number of aromatic nitrogens is 1. The highest BCUT2D eigenvalue weighted by molar-refractivity contribution is 5.92. The summed E-state index contributed by atoms with van der Waals surface area (Å²) in [6.07, 6.45) is 1.29. The zero-order chi connectivity index (χ0) is 15.4. The molecular formula is C14H15N3O4. The van der Waals surface area contributed by atoms with Crippen molar-refractivity contribution in [1.82, 2.24) is 10.3 Å². The van der Waals surface area contributed by atoms with Crippen LogP contribution in [0.1, 0.15) is 12.0 Å². The van der Waals surface area contributed by atoms with E-state index in [1.807, 2.05) is 24.3 Å². The molecule has 0 aliphatic carbocycles.